The van der Waals surface area contributed by atoms with Gasteiger partial charge in [0, 0.05) is 37.3 Å². The molecule has 6 nitrogen and oxygen atoms in total. The van der Waals surface area contributed by atoms with Crippen molar-refractivity contribution < 1.29 is 14.3 Å². The summed E-state index contributed by atoms with van der Waals surface area (Å²) in [6.07, 6.45) is 7.80. The number of hydrogen-bond acceptors (Lipinski definition) is 5. The second-order valence-corrected chi connectivity index (χ2v) is 6.67. The van der Waals surface area contributed by atoms with Crippen LogP contribution in [0.1, 0.15) is 22.3 Å². The van der Waals surface area contributed by atoms with E-state index >= 15 is 0 Å². The lowest BCUT2D eigenvalue weighted by Gasteiger charge is -2.50. The number of nitrogens with zero attached hydrogens (tertiary/aromatic N) is 3. The molecule has 2 aromatic heterocycles. The molecule has 1 amide bonds. The SMILES string of the molecule is O=C(c1cccnc1)N1CC2(C1)OCC[C@@H]2COCc1ccncc1. The Morgan fingerprint density at radius 2 is 2.08 bits per heavy atom. The van der Waals surface area contributed by atoms with Crippen molar-refractivity contribution in [2.45, 2.75) is 18.6 Å². The molecule has 0 saturated carbocycles. The molecule has 2 aromatic rings. The van der Waals surface area contributed by atoms with Gasteiger partial charge in [-0.15, -0.1) is 0 Å². The molecule has 0 aliphatic carbocycles. The summed E-state index contributed by atoms with van der Waals surface area (Å²) in [7, 11) is 0. The Labute approximate surface area is 146 Å². The Balaban J connectivity index is 1.31. The van der Waals surface area contributed by atoms with Gasteiger partial charge in [0.2, 0.25) is 0 Å². The van der Waals surface area contributed by atoms with Crippen molar-refractivity contribution in [3.05, 3.63) is 60.2 Å². The van der Waals surface area contributed by atoms with Crippen LogP contribution in [0.3, 0.4) is 0 Å². The summed E-state index contributed by atoms with van der Waals surface area (Å²) in [4.78, 5) is 22.3. The summed E-state index contributed by atoms with van der Waals surface area (Å²) in [6.45, 7) is 3.22. The Kier molecular flexibility index (Phi) is 4.46. The van der Waals surface area contributed by atoms with E-state index in [2.05, 4.69) is 9.97 Å². The maximum absolute atomic E-state index is 12.5. The first kappa shape index (κ1) is 16.2. The molecule has 0 N–H and O–H groups in total. The van der Waals surface area contributed by atoms with Crippen LogP contribution in [-0.4, -0.2) is 52.7 Å². The molecule has 0 bridgehead atoms. The minimum atomic E-state index is -0.240. The summed E-state index contributed by atoms with van der Waals surface area (Å²) in [5.41, 5.74) is 1.50. The van der Waals surface area contributed by atoms with Gasteiger partial charge in [-0.25, -0.2) is 0 Å². The molecular weight excluding hydrogens is 318 g/mol. The number of amides is 1. The average Bonchev–Trinajstić information content (AvgIpc) is 3.05. The Morgan fingerprint density at radius 3 is 2.84 bits per heavy atom. The third kappa shape index (κ3) is 3.27. The molecular formula is C19H21N3O3. The average molecular weight is 339 g/mol. The smallest absolute Gasteiger partial charge is 0.255 e. The van der Waals surface area contributed by atoms with Crippen LogP contribution in [-0.2, 0) is 16.1 Å². The number of likely N-dealkylation sites (tertiary alicyclic amines) is 1. The molecule has 6 heteroatoms. The van der Waals surface area contributed by atoms with E-state index in [9.17, 15) is 4.79 Å². The number of rotatable bonds is 5. The molecule has 2 saturated heterocycles. The molecule has 1 spiro atoms. The van der Waals surface area contributed by atoms with Crippen molar-refractivity contribution in [1.82, 2.24) is 14.9 Å². The molecule has 1 atom stereocenters. The molecule has 0 radical (unpaired) electrons. The van der Waals surface area contributed by atoms with Crippen LogP contribution in [0.15, 0.2) is 49.1 Å². The third-order valence-corrected chi connectivity index (χ3v) is 5.05. The molecule has 2 aliphatic rings. The minimum absolute atomic E-state index is 0.0191. The first-order valence-corrected chi connectivity index (χ1v) is 8.57. The fraction of sp³-hybridized carbons (Fsp3) is 0.421. The van der Waals surface area contributed by atoms with Crippen molar-refractivity contribution in [2.24, 2.45) is 5.92 Å². The maximum atomic E-state index is 12.5. The van der Waals surface area contributed by atoms with Crippen molar-refractivity contribution in [3.8, 4) is 0 Å². The lowest BCUT2D eigenvalue weighted by atomic mass is 9.81. The van der Waals surface area contributed by atoms with Crippen LogP contribution in [0.5, 0.6) is 0 Å². The highest BCUT2D eigenvalue weighted by Gasteiger charge is 2.54. The van der Waals surface area contributed by atoms with Crippen molar-refractivity contribution in [2.75, 3.05) is 26.3 Å². The van der Waals surface area contributed by atoms with Gasteiger partial charge in [0.05, 0.1) is 31.9 Å². The van der Waals surface area contributed by atoms with E-state index in [1.54, 1.807) is 36.9 Å². The number of carbonyl (C=O) groups is 1. The second kappa shape index (κ2) is 6.90. The van der Waals surface area contributed by atoms with E-state index in [1.165, 1.54) is 0 Å². The zero-order valence-electron chi connectivity index (χ0n) is 14.0. The Bertz CT molecular complexity index is 717. The van der Waals surface area contributed by atoms with E-state index in [1.807, 2.05) is 17.0 Å². The Hall–Kier alpha value is -2.31. The molecule has 0 unspecified atom stereocenters. The summed E-state index contributed by atoms with van der Waals surface area (Å²) in [6, 6.07) is 7.49. The maximum Gasteiger partial charge on any atom is 0.255 e. The fourth-order valence-corrected chi connectivity index (χ4v) is 3.58. The van der Waals surface area contributed by atoms with Gasteiger partial charge in [0.15, 0.2) is 0 Å². The van der Waals surface area contributed by atoms with E-state index < -0.39 is 0 Å². The number of ether oxygens (including phenoxy) is 2. The van der Waals surface area contributed by atoms with Gasteiger partial charge < -0.3 is 14.4 Å². The molecule has 4 heterocycles. The summed E-state index contributed by atoms with van der Waals surface area (Å²) < 4.78 is 11.9. The van der Waals surface area contributed by atoms with E-state index in [0.717, 1.165) is 18.6 Å². The van der Waals surface area contributed by atoms with Crippen LogP contribution in [0, 0.1) is 5.92 Å². The first-order valence-electron chi connectivity index (χ1n) is 8.57. The Morgan fingerprint density at radius 1 is 1.24 bits per heavy atom. The third-order valence-electron chi connectivity index (χ3n) is 5.05. The first-order chi connectivity index (χ1) is 12.3. The molecule has 4 rings (SSSR count). The predicted octanol–water partition coefficient (Wildman–Crippen LogP) is 1.92. The summed E-state index contributed by atoms with van der Waals surface area (Å²) in [5, 5.41) is 0. The van der Waals surface area contributed by atoms with E-state index in [-0.39, 0.29) is 11.5 Å². The van der Waals surface area contributed by atoms with Crippen LogP contribution < -0.4 is 0 Å². The second-order valence-electron chi connectivity index (χ2n) is 6.67. The monoisotopic (exact) mass is 339 g/mol. The number of pyridine rings is 2. The number of carbonyl (C=O) groups excluding carboxylic acids is 1. The van der Waals surface area contributed by atoms with Gasteiger partial charge in [-0.1, -0.05) is 0 Å². The normalized spacial score (nSPS) is 21.3. The van der Waals surface area contributed by atoms with Gasteiger partial charge in [-0.3, -0.25) is 14.8 Å². The van der Waals surface area contributed by atoms with E-state index in [0.29, 0.717) is 37.8 Å². The molecule has 2 fully saturated rings. The van der Waals surface area contributed by atoms with Gasteiger partial charge >= 0.3 is 0 Å². The van der Waals surface area contributed by atoms with Gasteiger partial charge in [-0.2, -0.15) is 0 Å². The topological polar surface area (TPSA) is 64.6 Å². The van der Waals surface area contributed by atoms with Crippen LogP contribution in [0.2, 0.25) is 0 Å². The highest BCUT2D eigenvalue weighted by atomic mass is 16.5. The molecule has 2 aliphatic heterocycles. The van der Waals surface area contributed by atoms with Gasteiger partial charge in [0.25, 0.3) is 5.91 Å². The van der Waals surface area contributed by atoms with Crippen LogP contribution >= 0.6 is 0 Å². The van der Waals surface area contributed by atoms with Crippen molar-refractivity contribution in [1.29, 1.82) is 0 Å². The highest BCUT2D eigenvalue weighted by molar-refractivity contribution is 5.94. The van der Waals surface area contributed by atoms with Crippen LogP contribution in [0.4, 0.5) is 0 Å². The standard InChI is InChI=1S/C19H21N3O3/c23-18(16-2-1-6-21-10-16)22-13-19(14-22)17(5-9-25-19)12-24-11-15-3-7-20-8-4-15/h1-4,6-8,10,17H,5,9,11-14H2/t17-/m1/s1. The minimum Gasteiger partial charge on any atom is -0.376 e. The van der Waals surface area contributed by atoms with Gasteiger partial charge in [-0.05, 0) is 36.2 Å². The van der Waals surface area contributed by atoms with Crippen molar-refractivity contribution >= 4 is 5.91 Å². The summed E-state index contributed by atoms with van der Waals surface area (Å²) in [5.74, 6) is 0.345. The fourth-order valence-electron chi connectivity index (χ4n) is 3.58. The highest BCUT2D eigenvalue weighted by Crippen LogP contribution is 2.40. The molecule has 25 heavy (non-hydrogen) atoms. The van der Waals surface area contributed by atoms with Crippen LogP contribution in [0.25, 0.3) is 0 Å². The largest absolute Gasteiger partial charge is 0.376 e. The lowest BCUT2D eigenvalue weighted by molar-refractivity contribution is -0.129. The predicted molar refractivity (Wildman–Crippen MR) is 90.8 cm³/mol. The van der Waals surface area contributed by atoms with E-state index in [4.69, 9.17) is 9.47 Å². The number of aromatic nitrogens is 2. The van der Waals surface area contributed by atoms with Crippen molar-refractivity contribution in [3.63, 3.8) is 0 Å². The molecule has 130 valence electrons. The van der Waals surface area contributed by atoms with Gasteiger partial charge in [0.1, 0.15) is 5.60 Å². The number of hydrogen-bond donors (Lipinski definition) is 0. The zero-order valence-corrected chi connectivity index (χ0v) is 14.0. The zero-order chi connectivity index (χ0) is 17.1. The lowest BCUT2D eigenvalue weighted by Crippen LogP contribution is -2.66. The summed E-state index contributed by atoms with van der Waals surface area (Å²) >= 11 is 0. The molecule has 0 aromatic carbocycles. The quantitative estimate of drug-likeness (QED) is 0.833.